The molecule has 0 spiro atoms. The van der Waals surface area contributed by atoms with E-state index in [2.05, 4.69) is 31.0 Å². The van der Waals surface area contributed by atoms with Crippen molar-refractivity contribution in [1.29, 1.82) is 0 Å². The molecule has 2 aromatic heterocycles. The highest BCUT2D eigenvalue weighted by atomic mass is 32.2. The number of nitrogens with zero attached hydrogens (tertiary/aromatic N) is 5. The summed E-state index contributed by atoms with van der Waals surface area (Å²) in [5, 5.41) is 29.1. The van der Waals surface area contributed by atoms with E-state index in [-0.39, 0.29) is 34.6 Å². The Bertz CT molecular complexity index is 1360. The normalized spacial score (nSPS) is 22.4. The van der Waals surface area contributed by atoms with Gasteiger partial charge in [0.05, 0.1) is 0 Å². The third kappa shape index (κ3) is 6.92. The summed E-state index contributed by atoms with van der Waals surface area (Å²) >= 11 is 5.05. The molecule has 2 aromatic rings. The molecule has 0 radical (unpaired) electrons. The van der Waals surface area contributed by atoms with Gasteiger partial charge in [0.1, 0.15) is 40.2 Å². The fourth-order valence-corrected chi connectivity index (χ4v) is 8.18. The van der Waals surface area contributed by atoms with Crippen molar-refractivity contribution in [3.05, 3.63) is 16.1 Å². The summed E-state index contributed by atoms with van der Waals surface area (Å²) in [6.45, 7) is 7.29. The first-order valence-corrected chi connectivity index (χ1v) is 16.1. The molecule has 3 N–H and O–H groups in total. The second kappa shape index (κ2) is 12.5. The van der Waals surface area contributed by atoms with E-state index in [4.69, 9.17) is 9.57 Å². The number of amides is 3. The lowest BCUT2D eigenvalue weighted by molar-refractivity contribution is -0.157. The number of hydrogen-bond acceptors (Lipinski definition) is 14. The van der Waals surface area contributed by atoms with Crippen LogP contribution in [0.1, 0.15) is 37.9 Å². The molecule has 222 valence electrons. The molecule has 2 fully saturated rings. The van der Waals surface area contributed by atoms with Crippen molar-refractivity contribution in [2.45, 2.75) is 55.5 Å². The third-order valence-corrected chi connectivity index (χ3v) is 11.0. The summed E-state index contributed by atoms with van der Waals surface area (Å²) in [4.78, 5) is 61.2. The Morgan fingerprint density at radius 3 is 2.73 bits per heavy atom. The lowest BCUT2D eigenvalue weighted by Gasteiger charge is -2.53. The number of carbonyl (C=O) groups excluding carboxylic acids is 3. The number of aromatic nitrogens is 3. The van der Waals surface area contributed by atoms with E-state index < -0.39 is 46.3 Å². The predicted molar refractivity (Wildman–Crippen MR) is 155 cm³/mol. The second-order valence-corrected chi connectivity index (χ2v) is 14.2. The van der Waals surface area contributed by atoms with Crippen LogP contribution in [0.3, 0.4) is 0 Å². The number of ether oxygens (including phenoxy) is 1. The molecule has 2 aliphatic rings. The zero-order valence-electron chi connectivity index (χ0n) is 22.8. The predicted octanol–water partition coefficient (Wildman–Crippen LogP) is 2.65. The summed E-state index contributed by atoms with van der Waals surface area (Å²) in [7, 11) is 1.27. The Morgan fingerprint density at radius 2 is 2.10 bits per heavy atom. The van der Waals surface area contributed by atoms with E-state index in [0.29, 0.717) is 10.8 Å². The van der Waals surface area contributed by atoms with Gasteiger partial charge in [-0.3, -0.25) is 19.7 Å². The molecule has 3 amide bonds. The largest absolute Gasteiger partial charge is 0.481 e. The number of aliphatic carboxylic acids is 1. The topological polar surface area (TPSA) is 185 Å². The van der Waals surface area contributed by atoms with Crippen molar-refractivity contribution in [1.82, 2.24) is 25.4 Å². The number of aryl methyl sites for hydroxylation is 1. The number of rotatable bonds is 11. The molecule has 18 heteroatoms. The molecule has 0 saturated carbocycles. The number of carbonyl (C=O) groups is 4. The minimum atomic E-state index is -1.17. The standard InChI is InChI=1S/C23H29N7O7S4/c1-6-22(3,4)37-20(35)26-19-24-12(7-38-19)13(29-36-5)15(31)25-14-16(32)30-8-23(18(33)34,9-39-17(14)30)10-40-21-28-27-11(2)41-21/h7,14,17H,6,8-10H2,1-5H3,(H,25,31)(H,33,34)(H,24,26,35)/t14?,17-,23?/m1/s1. The maximum absolute atomic E-state index is 13.2. The number of thioether (sulfide) groups is 2. The lowest BCUT2D eigenvalue weighted by atomic mass is 9.89. The molecule has 2 aliphatic heterocycles. The Balaban J connectivity index is 1.38. The number of thiazole rings is 1. The maximum Gasteiger partial charge on any atom is 0.413 e. The maximum atomic E-state index is 13.2. The lowest BCUT2D eigenvalue weighted by Crippen LogP contribution is -2.74. The van der Waals surface area contributed by atoms with Gasteiger partial charge in [-0.2, -0.15) is 0 Å². The van der Waals surface area contributed by atoms with Crippen LogP contribution in [0.2, 0.25) is 0 Å². The van der Waals surface area contributed by atoms with Crippen LogP contribution < -0.4 is 10.6 Å². The van der Waals surface area contributed by atoms with Crippen LogP contribution in [0.5, 0.6) is 0 Å². The molecule has 14 nitrogen and oxygen atoms in total. The molecule has 0 aliphatic carbocycles. The Morgan fingerprint density at radius 1 is 1.34 bits per heavy atom. The van der Waals surface area contributed by atoms with E-state index in [1.807, 2.05) is 13.8 Å². The van der Waals surface area contributed by atoms with Crippen LogP contribution in [0.15, 0.2) is 14.9 Å². The van der Waals surface area contributed by atoms with E-state index in [1.165, 1.54) is 52.3 Å². The molecule has 2 unspecified atom stereocenters. The van der Waals surface area contributed by atoms with Crippen molar-refractivity contribution in [3.8, 4) is 0 Å². The first kappa shape index (κ1) is 31.0. The van der Waals surface area contributed by atoms with Gasteiger partial charge in [-0.1, -0.05) is 35.2 Å². The quantitative estimate of drug-likeness (QED) is 0.141. The monoisotopic (exact) mass is 643 g/mol. The fourth-order valence-electron chi connectivity index (χ4n) is 3.82. The zero-order chi connectivity index (χ0) is 29.9. The molecule has 2 saturated heterocycles. The molecular formula is C23H29N7O7S4. The minimum absolute atomic E-state index is 0.0149. The molecule has 0 bridgehead atoms. The van der Waals surface area contributed by atoms with Crippen LogP contribution in [0.25, 0.3) is 0 Å². The molecule has 41 heavy (non-hydrogen) atoms. The number of fused-ring (bicyclic) bond motifs is 1. The average Bonchev–Trinajstić information content (AvgIpc) is 3.56. The summed E-state index contributed by atoms with van der Waals surface area (Å²) in [5.74, 6) is -1.61. The van der Waals surface area contributed by atoms with Gasteiger partial charge in [-0.15, -0.1) is 33.3 Å². The van der Waals surface area contributed by atoms with Crippen LogP contribution in [-0.4, -0.2) is 97.0 Å². The van der Waals surface area contributed by atoms with E-state index >= 15 is 0 Å². The Hall–Kier alpha value is -2.96. The number of carboxylic acids is 1. The fraction of sp³-hybridized carbons (Fsp3) is 0.565. The molecule has 4 heterocycles. The van der Waals surface area contributed by atoms with Crippen LogP contribution in [-0.2, 0) is 24.0 Å². The molecular weight excluding hydrogens is 615 g/mol. The number of nitrogens with one attached hydrogen (secondary N) is 2. The van der Waals surface area contributed by atoms with Crippen molar-refractivity contribution in [2.75, 3.05) is 30.5 Å². The van der Waals surface area contributed by atoms with E-state index in [1.54, 1.807) is 13.8 Å². The van der Waals surface area contributed by atoms with Gasteiger partial charge in [0.2, 0.25) is 5.91 Å². The van der Waals surface area contributed by atoms with Crippen molar-refractivity contribution < 1.29 is 33.9 Å². The van der Waals surface area contributed by atoms with Gasteiger partial charge in [-0.25, -0.2) is 9.78 Å². The van der Waals surface area contributed by atoms with Crippen molar-refractivity contribution >= 4 is 80.9 Å². The summed E-state index contributed by atoms with van der Waals surface area (Å²) in [6, 6.07) is -0.873. The number of oxime groups is 1. The second-order valence-electron chi connectivity index (χ2n) is 9.87. The van der Waals surface area contributed by atoms with Gasteiger partial charge in [0, 0.05) is 23.4 Å². The number of hydrogen-bond donors (Lipinski definition) is 3. The Kier molecular flexibility index (Phi) is 9.45. The highest BCUT2D eigenvalue weighted by Gasteiger charge is 2.57. The van der Waals surface area contributed by atoms with Gasteiger partial charge in [0.15, 0.2) is 15.2 Å². The average molecular weight is 644 g/mol. The van der Waals surface area contributed by atoms with Crippen LogP contribution in [0.4, 0.5) is 9.93 Å². The Labute approximate surface area is 252 Å². The van der Waals surface area contributed by atoms with Crippen LogP contribution in [0, 0.1) is 12.3 Å². The minimum Gasteiger partial charge on any atom is -0.481 e. The van der Waals surface area contributed by atoms with Gasteiger partial charge < -0.3 is 24.9 Å². The van der Waals surface area contributed by atoms with Crippen molar-refractivity contribution in [2.24, 2.45) is 10.6 Å². The highest BCUT2D eigenvalue weighted by molar-refractivity contribution is 8.01. The zero-order valence-corrected chi connectivity index (χ0v) is 26.1. The number of β-lactam (4-membered cyclic amide) rings is 1. The van der Waals surface area contributed by atoms with Crippen molar-refractivity contribution in [3.63, 3.8) is 0 Å². The van der Waals surface area contributed by atoms with Crippen LogP contribution >= 0.6 is 46.2 Å². The van der Waals surface area contributed by atoms with E-state index in [9.17, 15) is 24.3 Å². The number of anilines is 1. The van der Waals surface area contributed by atoms with Gasteiger partial charge >= 0.3 is 12.1 Å². The van der Waals surface area contributed by atoms with E-state index in [0.717, 1.165) is 16.3 Å². The highest BCUT2D eigenvalue weighted by Crippen LogP contribution is 2.44. The van der Waals surface area contributed by atoms with Gasteiger partial charge in [-0.05, 0) is 27.2 Å². The molecule has 4 rings (SSSR count). The smallest absolute Gasteiger partial charge is 0.413 e. The first-order chi connectivity index (χ1) is 19.4. The molecule has 0 aromatic carbocycles. The third-order valence-electron chi connectivity index (χ3n) is 6.44. The number of carboxylic acid groups (broad SMARTS) is 1. The van der Waals surface area contributed by atoms with Gasteiger partial charge in [0.25, 0.3) is 5.91 Å². The summed E-state index contributed by atoms with van der Waals surface area (Å²) < 4.78 is 6.02. The summed E-state index contributed by atoms with van der Waals surface area (Å²) in [5.41, 5.74) is -1.88. The molecule has 3 atom stereocenters. The first-order valence-electron chi connectivity index (χ1n) is 12.3. The SMILES string of the molecule is CCC(C)(C)OC(=O)Nc1nc(C(=NOC)C(=O)NC2C(=O)N3CC(CSc4nnc(C)s4)(C(=O)O)CS[C@H]23)cs1. The summed E-state index contributed by atoms with van der Waals surface area (Å²) in [6.07, 6.45) is -0.0678.